The van der Waals surface area contributed by atoms with Gasteiger partial charge in [-0.1, -0.05) is 44.2 Å². The molecule has 2 heterocycles. The van der Waals surface area contributed by atoms with E-state index in [1.807, 2.05) is 10.6 Å². The third kappa shape index (κ3) is 18.4. The summed E-state index contributed by atoms with van der Waals surface area (Å²) in [4.78, 5) is 133. The molecule has 24 nitrogen and oxygen atoms in total. The number of quaternary nitrogens is 3. The maximum atomic E-state index is 14.5. The minimum Gasteiger partial charge on any atom is -0.550 e. The van der Waals surface area contributed by atoms with E-state index in [0.29, 0.717) is 83.1 Å². The van der Waals surface area contributed by atoms with Crippen molar-refractivity contribution in [1.82, 2.24) is 42.5 Å². The molecule has 75 heavy (non-hydrogen) atoms. The molecule has 8 unspecified atom stereocenters. The average Bonchev–Trinajstić information content (AvgIpc) is 3.37. The molecule has 2 saturated carbocycles. The first-order valence-electron chi connectivity index (χ1n) is 26.9. The van der Waals surface area contributed by atoms with E-state index in [0.717, 1.165) is 12.8 Å². The average molecular weight is 1060 g/mol. The number of carbonyl (C=O) groups excluding carboxylic acids is 10. The Morgan fingerprint density at radius 2 is 1.05 bits per heavy atom. The summed E-state index contributed by atoms with van der Waals surface area (Å²) < 4.78 is 0. The van der Waals surface area contributed by atoms with E-state index in [1.54, 1.807) is 12.1 Å². The highest BCUT2D eigenvalue weighted by molar-refractivity contribution is 5.93. The van der Waals surface area contributed by atoms with Gasteiger partial charge in [0.15, 0.2) is 0 Å². The molecule has 4 aliphatic rings. The number of rotatable bonds is 25. The number of carboxylic acid groups (broad SMARTS) is 1. The molecule has 1 aromatic carbocycles. The predicted octanol–water partition coefficient (Wildman–Crippen LogP) is -6.17. The van der Waals surface area contributed by atoms with Crippen molar-refractivity contribution in [2.24, 2.45) is 29.4 Å². The summed E-state index contributed by atoms with van der Waals surface area (Å²) in [6.07, 6.45) is 6.29. The number of carbonyl (C=O) groups is 10. The van der Waals surface area contributed by atoms with Crippen LogP contribution in [0.4, 0.5) is 0 Å². The summed E-state index contributed by atoms with van der Waals surface area (Å²) in [6, 6.07) is -0.384. The number of phenolic OH excluding ortho intramolecular Hbond substituents is 1. The third-order valence-electron chi connectivity index (χ3n) is 15.1. The number of phenols is 1. The molecule has 12 atom stereocenters. The highest BCUT2D eigenvalue weighted by Gasteiger charge is 2.42. The number of nitrogens with one attached hydrogen (secondary N) is 8. The molecule has 1 aromatic rings. The number of aliphatic carboxylic acids is 1. The van der Waals surface area contributed by atoms with Crippen molar-refractivity contribution in [3.05, 3.63) is 29.8 Å². The van der Waals surface area contributed by atoms with E-state index in [9.17, 15) is 58.2 Å². The highest BCUT2D eigenvalue weighted by atomic mass is 16.4. The van der Waals surface area contributed by atoms with Gasteiger partial charge in [-0.25, -0.2) is 0 Å². The number of hydrogen-bond donors (Lipinski definition) is 13. The van der Waals surface area contributed by atoms with Crippen LogP contribution in [0.3, 0.4) is 0 Å². The van der Waals surface area contributed by atoms with Crippen molar-refractivity contribution in [1.29, 1.82) is 0 Å². The number of piperidine rings is 2. The Hall–Kier alpha value is -6.40. The second-order valence-electron chi connectivity index (χ2n) is 20.8. The lowest BCUT2D eigenvalue weighted by atomic mass is 9.83. The standard InChI is InChI=1S/C51H80N12O12/c1-28(44(53)68)56-47(71)34-26-54-23-20-38(34)60-50(74)41(19-22-52)62-46(70)33-10-4-6-12-37(33)58-51(75)42(25-30-15-17-31(65)18-16-30)63-48(72)35-27-55-24-21-39(35)59-49(73)40(13-7-8-14-43(66)67)61-45(69)32-9-3-5-11-36(32)57-29(2)64/h15-18,28,32-42,54-55,65H,3-14,19-27,52H2,1-2H3,(H2,53,68)(H,56,71)(H,57,64)(H,58,75)(H,59,73)(H,60,74)(H,61,69)(H,62,70)(H,63,72)(H,66,67)/p+2/t28-,32?,33?,34?,35?,36?,37?,38?,39?,40-,41-,42-/m1/s1. The van der Waals surface area contributed by atoms with Crippen LogP contribution in [0.1, 0.15) is 116 Å². The maximum absolute atomic E-state index is 14.5. The number of unbranched alkanes of at least 4 members (excludes halogenated alkanes) is 1. The largest absolute Gasteiger partial charge is 0.550 e. The van der Waals surface area contributed by atoms with Crippen LogP contribution in [0.15, 0.2) is 24.3 Å². The van der Waals surface area contributed by atoms with Gasteiger partial charge in [-0.05, 0) is 69.6 Å². The van der Waals surface area contributed by atoms with Crippen LogP contribution in [0, 0.1) is 23.7 Å². The molecule has 4 fully saturated rings. The molecule has 416 valence electrons. The maximum Gasteiger partial charge on any atom is 0.243 e. The Morgan fingerprint density at radius 3 is 1.55 bits per heavy atom. The Bertz CT molecular complexity index is 2170. The summed E-state index contributed by atoms with van der Waals surface area (Å²) in [7, 11) is 0. The van der Waals surface area contributed by atoms with Gasteiger partial charge in [0.1, 0.15) is 41.8 Å². The highest BCUT2D eigenvalue weighted by Crippen LogP contribution is 2.27. The summed E-state index contributed by atoms with van der Waals surface area (Å²) in [5.41, 5.74) is 9.87. The van der Waals surface area contributed by atoms with Gasteiger partial charge in [-0.2, -0.15) is 0 Å². The molecule has 2 aliphatic heterocycles. The minimum atomic E-state index is -1.24. The summed E-state index contributed by atoms with van der Waals surface area (Å²) in [5, 5.41) is 48.2. The Labute approximate surface area is 437 Å². The summed E-state index contributed by atoms with van der Waals surface area (Å²) in [5.74, 6) is -8.47. The second-order valence-corrected chi connectivity index (χ2v) is 20.8. The van der Waals surface area contributed by atoms with Crippen LogP contribution in [-0.2, 0) is 54.4 Å². The Balaban J connectivity index is 1.29. The molecule has 0 radical (unpaired) electrons. The SMILES string of the molecule is CC(=O)NC1CCCCC1C(=O)N[C@H](CCCCC(=O)[O-])C(=O)NC1CC[NH2+]CC1C(=O)N[C@H](Cc1ccc(O)cc1)C(=O)NC1CCCCC1C(=O)N[C@H](CC[NH3+])C(=O)NC1CC[NH2+]CC1C(=O)N[C@H](C)C(N)=O. The van der Waals surface area contributed by atoms with Crippen molar-refractivity contribution in [2.45, 2.75) is 165 Å². The molecular formula is C51H82N12O12+2. The van der Waals surface area contributed by atoms with Gasteiger partial charge in [0.2, 0.25) is 53.2 Å². The van der Waals surface area contributed by atoms with Crippen LogP contribution >= 0.6 is 0 Å². The number of aromatic hydroxyl groups is 1. The quantitative estimate of drug-likeness (QED) is 0.0407. The molecule has 24 heteroatoms. The predicted molar refractivity (Wildman–Crippen MR) is 267 cm³/mol. The molecule has 9 amide bonds. The van der Waals surface area contributed by atoms with Gasteiger partial charge in [0, 0.05) is 50.7 Å². The van der Waals surface area contributed by atoms with E-state index < -0.39 is 125 Å². The van der Waals surface area contributed by atoms with E-state index in [2.05, 4.69) is 48.3 Å². The zero-order valence-electron chi connectivity index (χ0n) is 43.5. The molecule has 0 spiro atoms. The first-order valence-corrected chi connectivity index (χ1v) is 26.9. The molecule has 0 aromatic heterocycles. The van der Waals surface area contributed by atoms with Crippen LogP contribution in [-0.4, -0.2) is 145 Å². The zero-order valence-corrected chi connectivity index (χ0v) is 43.5. The first kappa shape index (κ1) is 59.5. The molecule has 0 bridgehead atoms. The smallest absolute Gasteiger partial charge is 0.243 e. The van der Waals surface area contributed by atoms with Crippen LogP contribution in [0.2, 0.25) is 0 Å². The van der Waals surface area contributed by atoms with Gasteiger partial charge < -0.3 is 79.6 Å². The normalized spacial score (nSPS) is 25.3. The lowest BCUT2D eigenvalue weighted by Crippen LogP contribution is -2.90. The van der Waals surface area contributed by atoms with Crippen LogP contribution in [0.25, 0.3) is 0 Å². The minimum absolute atomic E-state index is 0.000637. The van der Waals surface area contributed by atoms with Gasteiger partial charge in [0.25, 0.3) is 0 Å². The Kier molecular flexibility index (Phi) is 23.5. The van der Waals surface area contributed by atoms with E-state index >= 15 is 0 Å². The van der Waals surface area contributed by atoms with Crippen molar-refractivity contribution >= 4 is 59.1 Å². The number of hydrogen-bond acceptors (Lipinski definition) is 12. The molecule has 5 rings (SSSR count). The number of amides is 9. The van der Waals surface area contributed by atoms with E-state index in [-0.39, 0.29) is 56.7 Å². The molecular weight excluding hydrogens is 973 g/mol. The summed E-state index contributed by atoms with van der Waals surface area (Å²) in [6.45, 7) is 4.98. The van der Waals surface area contributed by atoms with Gasteiger partial charge >= 0.3 is 0 Å². The number of primary amides is 1. The van der Waals surface area contributed by atoms with E-state index in [4.69, 9.17) is 5.73 Å². The summed E-state index contributed by atoms with van der Waals surface area (Å²) >= 11 is 0. The number of benzene rings is 1. The zero-order chi connectivity index (χ0) is 54.6. The van der Waals surface area contributed by atoms with Gasteiger partial charge in [-0.3, -0.25) is 43.2 Å². The second kappa shape index (κ2) is 29.6. The van der Waals surface area contributed by atoms with Crippen LogP contribution in [0.5, 0.6) is 5.75 Å². The topological polar surface area (TPSA) is 397 Å². The third-order valence-corrected chi connectivity index (χ3v) is 15.1. The lowest BCUT2D eigenvalue weighted by molar-refractivity contribution is -0.667. The fraction of sp³-hybridized carbons (Fsp3) is 0.686. The lowest BCUT2D eigenvalue weighted by Gasteiger charge is -2.35. The van der Waals surface area contributed by atoms with Crippen molar-refractivity contribution < 1.29 is 74.5 Å². The molecule has 18 N–H and O–H groups in total. The number of carboxylic acids is 1. The van der Waals surface area contributed by atoms with Crippen molar-refractivity contribution in [3.63, 3.8) is 0 Å². The van der Waals surface area contributed by atoms with Crippen molar-refractivity contribution in [2.75, 3.05) is 32.7 Å². The van der Waals surface area contributed by atoms with Crippen molar-refractivity contribution in [3.8, 4) is 5.75 Å². The molecule has 2 aliphatic carbocycles. The first-order chi connectivity index (χ1) is 35.8. The van der Waals surface area contributed by atoms with Crippen LogP contribution < -0.4 is 69.7 Å². The fourth-order valence-electron chi connectivity index (χ4n) is 10.9. The fourth-order valence-corrected chi connectivity index (χ4v) is 10.9. The molecule has 2 saturated heterocycles. The van der Waals surface area contributed by atoms with Gasteiger partial charge in [0.05, 0.1) is 56.6 Å². The Morgan fingerprint density at radius 1 is 0.613 bits per heavy atom. The van der Waals surface area contributed by atoms with E-state index in [1.165, 1.54) is 26.0 Å². The monoisotopic (exact) mass is 1050 g/mol. The number of nitrogens with two attached hydrogens (primary N) is 3. The van der Waals surface area contributed by atoms with Gasteiger partial charge in [-0.15, -0.1) is 0 Å².